The molecule has 1 aromatic heterocycles. The lowest BCUT2D eigenvalue weighted by atomic mass is 9.82. The van der Waals surface area contributed by atoms with Gasteiger partial charge in [-0.1, -0.05) is 13.8 Å². The number of aryl methyl sites for hydroxylation is 1. The minimum Gasteiger partial charge on any atom is -0.488 e. The van der Waals surface area contributed by atoms with Crippen molar-refractivity contribution in [2.45, 2.75) is 46.1 Å². The van der Waals surface area contributed by atoms with Gasteiger partial charge in [0.1, 0.15) is 0 Å². The maximum absolute atomic E-state index is 11.2. The predicted octanol–water partition coefficient (Wildman–Crippen LogP) is 3.29. The number of ether oxygens (including phenoxy) is 1. The fraction of sp³-hybridized carbons (Fsp3) is 0.600. The van der Waals surface area contributed by atoms with E-state index in [-0.39, 0.29) is 11.8 Å². The Kier molecular flexibility index (Phi) is 4.08. The number of aromatic carboxylic acids is 1. The van der Waals surface area contributed by atoms with Crippen LogP contribution >= 0.6 is 0 Å². The van der Waals surface area contributed by atoms with Crippen molar-refractivity contribution in [1.82, 2.24) is 4.98 Å². The summed E-state index contributed by atoms with van der Waals surface area (Å²) in [6, 6.07) is 3.51. The van der Waals surface area contributed by atoms with Crippen LogP contribution in [0.3, 0.4) is 0 Å². The molecule has 1 aliphatic rings. The lowest BCUT2D eigenvalue weighted by Gasteiger charge is -2.31. The quantitative estimate of drug-likeness (QED) is 0.909. The Morgan fingerprint density at radius 1 is 1.26 bits per heavy atom. The Labute approximate surface area is 113 Å². The summed E-state index contributed by atoms with van der Waals surface area (Å²) < 4.78 is 5.90. The molecule has 1 saturated carbocycles. The molecule has 1 aromatic rings. The van der Waals surface area contributed by atoms with Gasteiger partial charge < -0.3 is 9.84 Å². The molecule has 4 nitrogen and oxygen atoms in total. The Morgan fingerprint density at radius 2 is 1.89 bits per heavy atom. The molecule has 2 atom stereocenters. The van der Waals surface area contributed by atoms with Gasteiger partial charge in [0.2, 0.25) is 0 Å². The third kappa shape index (κ3) is 3.46. The van der Waals surface area contributed by atoms with Crippen molar-refractivity contribution in [2.24, 2.45) is 11.8 Å². The van der Waals surface area contributed by atoms with E-state index in [0.29, 0.717) is 23.3 Å². The molecule has 1 fully saturated rings. The molecule has 0 bridgehead atoms. The van der Waals surface area contributed by atoms with E-state index >= 15 is 0 Å². The van der Waals surface area contributed by atoms with E-state index in [4.69, 9.17) is 4.74 Å². The van der Waals surface area contributed by atoms with E-state index in [2.05, 4.69) is 18.8 Å². The number of hydrogen-bond donors (Lipinski definition) is 1. The Bertz CT molecular complexity index is 462. The molecule has 0 spiro atoms. The second-order valence-electron chi connectivity index (χ2n) is 5.76. The molecule has 1 aliphatic carbocycles. The van der Waals surface area contributed by atoms with Crippen molar-refractivity contribution in [3.05, 3.63) is 23.5 Å². The maximum atomic E-state index is 11.2. The van der Waals surface area contributed by atoms with E-state index in [1.165, 1.54) is 6.42 Å². The lowest BCUT2D eigenvalue weighted by molar-refractivity contribution is 0.0667. The van der Waals surface area contributed by atoms with Crippen LogP contribution in [0.1, 0.15) is 49.3 Å². The average molecular weight is 263 g/mol. The molecule has 0 saturated heterocycles. The number of carboxylic acids is 1. The molecular weight excluding hydrogens is 242 g/mol. The number of aromatic nitrogens is 1. The summed E-state index contributed by atoms with van der Waals surface area (Å²) in [6.45, 7) is 6.22. The summed E-state index contributed by atoms with van der Waals surface area (Å²) in [5, 5.41) is 9.18. The minimum absolute atomic E-state index is 0.0193. The van der Waals surface area contributed by atoms with Crippen molar-refractivity contribution in [1.29, 1.82) is 0 Å². The number of nitrogens with zero attached hydrogens (tertiary/aromatic N) is 1. The Morgan fingerprint density at radius 3 is 2.47 bits per heavy atom. The van der Waals surface area contributed by atoms with Crippen molar-refractivity contribution < 1.29 is 14.6 Å². The molecule has 2 rings (SSSR count). The third-order valence-electron chi connectivity index (χ3n) is 3.63. The van der Waals surface area contributed by atoms with Gasteiger partial charge in [-0.25, -0.2) is 9.78 Å². The zero-order valence-electron chi connectivity index (χ0n) is 11.7. The van der Waals surface area contributed by atoms with Crippen LogP contribution in [0.15, 0.2) is 12.1 Å². The van der Waals surface area contributed by atoms with Gasteiger partial charge in [-0.05, 0) is 50.2 Å². The number of rotatable bonds is 3. The van der Waals surface area contributed by atoms with Crippen molar-refractivity contribution in [3.8, 4) is 5.75 Å². The highest BCUT2D eigenvalue weighted by Crippen LogP contribution is 2.32. The second-order valence-corrected chi connectivity index (χ2v) is 5.76. The summed E-state index contributed by atoms with van der Waals surface area (Å²) in [4.78, 5) is 15.3. The molecule has 0 radical (unpaired) electrons. The summed E-state index contributed by atoms with van der Waals surface area (Å²) in [7, 11) is 0. The van der Waals surface area contributed by atoms with Gasteiger partial charge in [-0.2, -0.15) is 0 Å². The molecule has 1 heterocycles. The van der Waals surface area contributed by atoms with Crippen molar-refractivity contribution in [2.75, 3.05) is 0 Å². The highest BCUT2D eigenvalue weighted by atomic mass is 16.5. The molecule has 2 unspecified atom stereocenters. The first-order valence-corrected chi connectivity index (χ1v) is 6.83. The van der Waals surface area contributed by atoms with Crippen LogP contribution in [0.5, 0.6) is 5.75 Å². The van der Waals surface area contributed by atoms with Crippen LogP contribution < -0.4 is 4.74 Å². The zero-order valence-corrected chi connectivity index (χ0v) is 11.7. The van der Waals surface area contributed by atoms with E-state index in [1.807, 2.05) is 0 Å². The van der Waals surface area contributed by atoms with E-state index in [0.717, 1.165) is 12.8 Å². The van der Waals surface area contributed by atoms with Gasteiger partial charge in [0, 0.05) is 5.69 Å². The molecule has 0 aromatic carbocycles. The molecule has 104 valence electrons. The smallest absolute Gasteiger partial charge is 0.358 e. The first kappa shape index (κ1) is 13.8. The molecule has 1 N–H and O–H groups in total. The van der Waals surface area contributed by atoms with Gasteiger partial charge in [0.05, 0.1) is 6.10 Å². The largest absolute Gasteiger partial charge is 0.488 e. The zero-order chi connectivity index (χ0) is 14.0. The molecule has 4 heteroatoms. The monoisotopic (exact) mass is 263 g/mol. The van der Waals surface area contributed by atoms with Gasteiger partial charge in [-0.3, -0.25) is 0 Å². The van der Waals surface area contributed by atoms with Crippen LogP contribution in [0.4, 0.5) is 0 Å². The predicted molar refractivity (Wildman–Crippen MR) is 72.5 cm³/mol. The first-order valence-electron chi connectivity index (χ1n) is 6.83. The SMILES string of the molecule is Cc1ccc(OC2CC(C)CC(C)C2)c(C(=O)O)n1. The Hall–Kier alpha value is -1.58. The number of pyridine rings is 1. The van der Waals surface area contributed by atoms with Gasteiger partial charge >= 0.3 is 5.97 Å². The van der Waals surface area contributed by atoms with Crippen LogP contribution in [0.2, 0.25) is 0 Å². The summed E-state index contributed by atoms with van der Waals surface area (Å²) in [6.07, 6.45) is 3.29. The summed E-state index contributed by atoms with van der Waals surface area (Å²) in [5.74, 6) is 0.612. The van der Waals surface area contributed by atoms with Gasteiger partial charge in [-0.15, -0.1) is 0 Å². The van der Waals surface area contributed by atoms with E-state index in [9.17, 15) is 9.90 Å². The van der Waals surface area contributed by atoms with Crippen molar-refractivity contribution in [3.63, 3.8) is 0 Å². The van der Waals surface area contributed by atoms with Crippen LogP contribution in [-0.2, 0) is 0 Å². The highest BCUT2D eigenvalue weighted by molar-refractivity contribution is 5.88. The number of carboxylic acid groups (broad SMARTS) is 1. The fourth-order valence-electron chi connectivity index (χ4n) is 2.94. The van der Waals surface area contributed by atoms with Crippen LogP contribution in [0.25, 0.3) is 0 Å². The van der Waals surface area contributed by atoms with Crippen molar-refractivity contribution >= 4 is 5.97 Å². The first-order chi connectivity index (χ1) is 8.95. The van der Waals surface area contributed by atoms with E-state index < -0.39 is 5.97 Å². The minimum atomic E-state index is -1.03. The average Bonchev–Trinajstić information content (AvgIpc) is 2.30. The van der Waals surface area contributed by atoms with Gasteiger partial charge in [0.15, 0.2) is 11.4 Å². The summed E-state index contributed by atoms with van der Waals surface area (Å²) >= 11 is 0. The van der Waals surface area contributed by atoms with Gasteiger partial charge in [0.25, 0.3) is 0 Å². The topological polar surface area (TPSA) is 59.4 Å². The fourth-order valence-corrected chi connectivity index (χ4v) is 2.94. The van der Waals surface area contributed by atoms with Crippen LogP contribution in [0, 0.1) is 18.8 Å². The van der Waals surface area contributed by atoms with E-state index in [1.54, 1.807) is 19.1 Å². The second kappa shape index (κ2) is 5.59. The molecule has 19 heavy (non-hydrogen) atoms. The third-order valence-corrected chi connectivity index (χ3v) is 3.63. The number of carbonyl (C=O) groups is 1. The standard InChI is InChI=1S/C15H21NO3/c1-9-6-10(2)8-12(7-9)19-13-5-4-11(3)16-14(13)15(17)18/h4-5,9-10,12H,6-8H2,1-3H3,(H,17,18). The molecule has 0 amide bonds. The van der Waals surface area contributed by atoms with Crippen LogP contribution in [-0.4, -0.2) is 22.2 Å². The number of hydrogen-bond acceptors (Lipinski definition) is 3. The molecule has 0 aliphatic heterocycles. The lowest BCUT2D eigenvalue weighted by Crippen LogP contribution is -2.29. The maximum Gasteiger partial charge on any atom is 0.358 e. The molecular formula is C15H21NO3. The summed E-state index contributed by atoms with van der Waals surface area (Å²) in [5.41, 5.74) is 0.709. The highest BCUT2D eigenvalue weighted by Gasteiger charge is 2.26. The Balaban J connectivity index is 2.16. The normalized spacial score (nSPS) is 27.0.